The first-order chi connectivity index (χ1) is 14.7. The Bertz CT molecular complexity index is 849. The van der Waals surface area contributed by atoms with Crippen molar-refractivity contribution in [3.8, 4) is 5.75 Å². The van der Waals surface area contributed by atoms with E-state index in [1.165, 1.54) is 60.6 Å². The topological polar surface area (TPSA) is 35.5 Å². The van der Waals surface area contributed by atoms with Crippen LogP contribution in [-0.2, 0) is 16.0 Å². The molecule has 0 aromatic heterocycles. The van der Waals surface area contributed by atoms with E-state index in [9.17, 15) is 4.79 Å². The molecule has 3 heteroatoms. The number of allylic oxidation sites excluding steroid dienone is 1. The minimum absolute atomic E-state index is 0.146. The number of hydrogen-bond donors (Lipinski definition) is 0. The molecule has 0 fully saturated rings. The monoisotopic (exact) mass is 406 g/mol. The second-order valence-corrected chi connectivity index (χ2v) is 8.17. The van der Waals surface area contributed by atoms with Crippen molar-refractivity contribution in [2.75, 3.05) is 13.7 Å². The highest BCUT2D eigenvalue weighted by Gasteiger charge is 2.14. The summed E-state index contributed by atoms with van der Waals surface area (Å²) in [6.07, 6.45) is 9.53. The number of ether oxygens (including phenoxy) is 2. The summed E-state index contributed by atoms with van der Waals surface area (Å²) >= 11 is 0. The Morgan fingerprint density at radius 2 is 1.67 bits per heavy atom. The highest BCUT2D eigenvalue weighted by molar-refractivity contribution is 5.71. The van der Waals surface area contributed by atoms with Gasteiger partial charge in [0, 0.05) is 6.42 Å². The fraction of sp³-hybridized carbons (Fsp3) is 0.444. The molecule has 0 unspecified atom stereocenters. The van der Waals surface area contributed by atoms with Crippen LogP contribution in [0.5, 0.6) is 5.75 Å². The van der Waals surface area contributed by atoms with Crippen LogP contribution < -0.4 is 4.74 Å². The number of esters is 1. The van der Waals surface area contributed by atoms with Crippen molar-refractivity contribution >= 4 is 11.5 Å². The van der Waals surface area contributed by atoms with Gasteiger partial charge in [-0.1, -0.05) is 49.2 Å². The van der Waals surface area contributed by atoms with Gasteiger partial charge in [-0.25, -0.2) is 0 Å². The zero-order chi connectivity index (χ0) is 21.2. The molecule has 0 saturated heterocycles. The van der Waals surface area contributed by atoms with Gasteiger partial charge in [0.2, 0.25) is 0 Å². The van der Waals surface area contributed by atoms with E-state index < -0.39 is 0 Å². The molecule has 0 saturated carbocycles. The molecule has 3 rings (SSSR count). The maximum Gasteiger partial charge on any atom is 0.305 e. The van der Waals surface area contributed by atoms with Crippen LogP contribution in [0.25, 0.3) is 5.57 Å². The summed E-state index contributed by atoms with van der Waals surface area (Å²) in [5.41, 5.74) is 6.90. The average molecular weight is 407 g/mol. The van der Waals surface area contributed by atoms with Crippen LogP contribution in [0.1, 0.15) is 68.1 Å². The molecular formula is C27H34O3. The third kappa shape index (κ3) is 6.48. The summed E-state index contributed by atoms with van der Waals surface area (Å²) in [6.45, 7) is 2.86. The Balaban J connectivity index is 1.66. The second-order valence-electron chi connectivity index (χ2n) is 8.17. The van der Waals surface area contributed by atoms with Crippen molar-refractivity contribution in [2.24, 2.45) is 0 Å². The van der Waals surface area contributed by atoms with Crippen molar-refractivity contribution in [3.63, 3.8) is 0 Å². The van der Waals surface area contributed by atoms with Crippen LogP contribution in [0, 0.1) is 6.92 Å². The molecule has 0 N–H and O–H groups in total. The summed E-state index contributed by atoms with van der Waals surface area (Å²) < 4.78 is 10.9. The zero-order valence-electron chi connectivity index (χ0n) is 18.4. The summed E-state index contributed by atoms with van der Waals surface area (Å²) in [6, 6.07) is 17.0. The van der Waals surface area contributed by atoms with Crippen molar-refractivity contribution in [1.29, 1.82) is 0 Å². The molecule has 0 aliphatic heterocycles. The number of carbonyl (C=O) groups excluding carboxylic acids is 1. The van der Waals surface area contributed by atoms with Gasteiger partial charge in [0.1, 0.15) is 12.4 Å². The number of aryl methyl sites for hydroxylation is 2. The van der Waals surface area contributed by atoms with Crippen molar-refractivity contribution < 1.29 is 14.3 Å². The Kier molecular flexibility index (Phi) is 8.55. The Morgan fingerprint density at radius 1 is 0.933 bits per heavy atom. The van der Waals surface area contributed by atoms with E-state index in [0.717, 1.165) is 31.4 Å². The van der Waals surface area contributed by atoms with Gasteiger partial charge in [-0.3, -0.25) is 4.79 Å². The molecule has 0 spiro atoms. The van der Waals surface area contributed by atoms with E-state index in [2.05, 4.69) is 43.3 Å². The number of carbonyl (C=O) groups is 1. The van der Waals surface area contributed by atoms with Crippen LogP contribution in [0.4, 0.5) is 0 Å². The fourth-order valence-corrected chi connectivity index (χ4v) is 4.18. The van der Waals surface area contributed by atoms with Crippen LogP contribution in [-0.4, -0.2) is 19.7 Å². The van der Waals surface area contributed by atoms with E-state index in [4.69, 9.17) is 9.47 Å². The number of benzene rings is 2. The molecule has 2 aromatic rings. The van der Waals surface area contributed by atoms with Gasteiger partial charge in [-0.05, 0) is 85.4 Å². The van der Waals surface area contributed by atoms with E-state index >= 15 is 0 Å². The molecule has 1 aliphatic rings. The summed E-state index contributed by atoms with van der Waals surface area (Å²) in [7, 11) is 1.43. The lowest BCUT2D eigenvalue weighted by Crippen LogP contribution is -2.07. The minimum Gasteiger partial charge on any atom is -0.489 e. The molecule has 30 heavy (non-hydrogen) atoms. The second kappa shape index (κ2) is 11.6. The Hall–Kier alpha value is -2.55. The van der Waals surface area contributed by atoms with Crippen molar-refractivity contribution in [2.45, 2.75) is 64.7 Å². The third-order valence-electron chi connectivity index (χ3n) is 5.96. The summed E-state index contributed by atoms with van der Waals surface area (Å²) in [4.78, 5) is 11.2. The maximum absolute atomic E-state index is 11.2. The van der Waals surface area contributed by atoms with Gasteiger partial charge in [0.25, 0.3) is 0 Å². The van der Waals surface area contributed by atoms with Gasteiger partial charge in [-0.2, -0.15) is 0 Å². The maximum atomic E-state index is 11.2. The van der Waals surface area contributed by atoms with E-state index in [1.54, 1.807) is 0 Å². The molecule has 3 nitrogen and oxygen atoms in total. The first-order valence-electron chi connectivity index (χ1n) is 11.2. The molecular weight excluding hydrogens is 372 g/mol. The molecule has 2 aromatic carbocycles. The standard InChI is InChI=1S/C27H34O3/c1-21-10-7-8-13-25(21)26-14-6-4-3-5-12-23(26)20-30-24-18-16-22(17-19-24)11-9-15-27(28)29-2/h7-8,10,13,16-19H,3-6,9,11-12,14-15,20H2,1-2H3/b26-23-. The van der Waals surface area contributed by atoms with Crippen LogP contribution in [0.3, 0.4) is 0 Å². The lowest BCUT2D eigenvalue weighted by atomic mass is 9.87. The largest absolute Gasteiger partial charge is 0.489 e. The van der Waals surface area contributed by atoms with Gasteiger partial charge in [0.15, 0.2) is 0 Å². The lowest BCUT2D eigenvalue weighted by molar-refractivity contribution is -0.140. The van der Waals surface area contributed by atoms with E-state index in [0.29, 0.717) is 13.0 Å². The van der Waals surface area contributed by atoms with Crippen LogP contribution in [0.15, 0.2) is 54.1 Å². The summed E-state index contributed by atoms with van der Waals surface area (Å²) in [5.74, 6) is 0.761. The van der Waals surface area contributed by atoms with Crippen LogP contribution in [0.2, 0.25) is 0 Å². The molecule has 0 radical (unpaired) electrons. The Morgan fingerprint density at radius 3 is 2.40 bits per heavy atom. The molecule has 0 amide bonds. The average Bonchev–Trinajstić information content (AvgIpc) is 2.75. The lowest BCUT2D eigenvalue weighted by Gasteiger charge is -2.21. The quantitative estimate of drug-likeness (QED) is 0.459. The van der Waals surface area contributed by atoms with E-state index in [-0.39, 0.29) is 5.97 Å². The Labute approximate surface area is 181 Å². The predicted octanol–water partition coefficient (Wildman–Crippen LogP) is 6.68. The predicted molar refractivity (Wildman–Crippen MR) is 123 cm³/mol. The first-order valence-corrected chi connectivity index (χ1v) is 11.2. The normalized spacial score (nSPS) is 17.1. The fourth-order valence-electron chi connectivity index (χ4n) is 4.18. The SMILES string of the molecule is COC(=O)CCCc1ccc(OC/C2=C(\c3ccccc3C)CCCCCC2)cc1. The van der Waals surface area contributed by atoms with Crippen LogP contribution >= 0.6 is 0 Å². The molecule has 1 aliphatic carbocycles. The highest BCUT2D eigenvalue weighted by Crippen LogP contribution is 2.32. The number of hydrogen-bond acceptors (Lipinski definition) is 3. The molecule has 0 atom stereocenters. The van der Waals surface area contributed by atoms with E-state index in [1.807, 2.05) is 12.1 Å². The molecule has 0 bridgehead atoms. The molecule has 0 heterocycles. The smallest absolute Gasteiger partial charge is 0.305 e. The minimum atomic E-state index is -0.146. The van der Waals surface area contributed by atoms with Crippen molar-refractivity contribution in [1.82, 2.24) is 0 Å². The number of rotatable bonds is 8. The summed E-state index contributed by atoms with van der Waals surface area (Å²) in [5, 5.41) is 0. The number of methoxy groups -OCH3 is 1. The van der Waals surface area contributed by atoms with Crippen molar-refractivity contribution in [3.05, 3.63) is 70.8 Å². The van der Waals surface area contributed by atoms with Gasteiger partial charge < -0.3 is 9.47 Å². The third-order valence-corrected chi connectivity index (χ3v) is 5.96. The first kappa shape index (κ1) is 22.1. The van der Waals surface area contributed by atoms with Gasteiger partial charge in [-0.15, -0.1) is 0 Å². The van der Waals surface area contributed by atoms with Gasteiger partial charge in [0.05, 0.1) is 7.11 Å². The van der Waals surface area contributed by atoms with Gasteiger partial charge >= 0.3 is 5.97 Å². The molecule has 160 valence electrons. The highest BCUT2D eigenvalue weighted by atomic mass is 16.5. The zero-order valence-corrected chi connectivity index (χ0v) is 18.4.